The highest BCUT2D eigenvalue weighted by Gasteiger charge is 2.33. The van der Waals surface area contributed by atoms with Gasteiger partial charge in [-0.15, -0.1) is 12.4 Å². The second kappa shape index (κ2) is 5.84. The molecule has 1 aliphatic heterocycles. The number of halogens is 1. The van der Waals surface area contributed by atoms with Crippen LogP contribution < -0.4 is 10.6 Å². The van der Waals surface area contributed by atoms with Crippen molar-refractivity contribution in [3.8, 4) is 0 Å². The van der Waals surface area contributed by atoms with Crippen LogP contribution in [0.4, 0.5) is 0 Å². The van der Waals surface area contributed by atoms with Crippen LogP contribution in [-0.4, -0.2) is 37.2 Å². The molecule has 2 aliphatic rings. The largest absolute Gasteiger partial charge is 0.366 e. The van der Waals surface area contributed by atoms with Gasteiger partial charge in [0.1, 0.15) is 6.10 Å². The van der Waals surface area contributed by atoms with Crippen molar-refractivity contribution in [1.82, 2.24) is 10.6 Å². The summed E-state index contributed by atoms with van der Waals surface area (Å²) in [6.07, 6.45) is 4.34. The summed E-state index contributed by atoms with van der Waals surface area (Å²) in [6.45, 7) is 4.26. The molecule has 1 atom stereocenters. The molecule has 0 aromatic rings. The smallest absolute Gasteiger partial charge is 0.250 e. The van der Waals surface area contributed by atoms with Crippen LogP contribution in [-0.2, 0) is 9.53 Å². The number of hydrogen-bond donors (Lipinski definition) is 2. The summed E-state index contributed by atoms with van der Waals surface area (Å²) >= 11 is 0. The van der Waals surface area contributed by atoms with Gasteiger partial charge < -0.3 is 15.4 Å². The van der Waals surface area contributed by atoms with Gasteiger partial charge in [0, 0.05) is 18.6 Å². The molecule has 16 heavy (non-hydrogen) atoms. The molecule has 1 aliphatic carbocycles. The van der Waals surface area contributed by atoms with E-state index in [1.54, 1.807) is 0 Å². The van der Waals surface area contributed by atoms with Gasteiger partial charge in [0.05, 0.1) is 6.61 Å². The normalized spacial score (nSPS) is 28.2. The third kappa shape index (κ3) is 3.34. The van der Waals surface area contributed by atoms with Gasteiger partial charge in [0.25, 0.3) is 5.91 Å². The molecular weight excluding hydrogens is 228 g/mol. The Morgan fingerprint density at radius 3 is 2.69 bits per heavy atom. The third-order valence-electron chi connectivity index (χ3n) is 3.35. The fraction of sp³-hybridized carbons (Fsp3) is 0.909. The Hall–Kier alpha value is -0.320. The lowest BCUT2D eigenvalue weighted by atomic mass is 10.0. The predicted octanol–water partition coefficient (Wildman–Crippen LogP) is 0.845. The van der Waals surface area contributed by atoms with Crippen molar-refractivity contribution < 1.29 is 9.53 Å². The lowest BCUT2D eigenvalue weighted by Gasteiger charge is -2.30. The van der Waals surface area contributed by atoms with Crippen molar-refractivity contribution in [2.24, 2.45) is 0 Å². The summed E-state index contributed by atoms with van der Waals surface area (Å²) in [4.78, 5) is 11.9. The van der Waals surface area contributed by atoms with Gasteiger partial charge in [-0.25, -0.2) is 0 Å². The fourth-order valence-electron chi connectivity index (χ4n) is 2.39. The van der Waals surface area contributed by atoms with Gasteiger partial charge >= 0.3 is 0 Å². The van der Waals surface area contributed by atoms with Crippen LogP contribution in [0.3, 0.4) is 0 Å². The highest BCUT2D eigenvalue weighted by molar-refractivity contribution is 5.85. The van der Waals surface area contributed by atoms with Crippen LogP contribution in [0.15, 0.2) is 0 Å². The Labute approximate surface area is 103 Å². The van der Waals surface area contributed by atoms with Gasteiger partial charge in [-0.05, 0) is 19.8 Å². The molecule has 0 spiro atoms. The van der Waals surface area contributed by atoms with Gasteiger partial charge in [0.15, 0.2) is 0 Å². The summed E-state index contributed by atoms with van der Waals surface area (Å²) < 4.78 is 5.42. The van der Waals surface area contributed by atoms with Crippen LogP contribution in [0.1, 0.15) is 32.6 Å². The minimum Gasteiger partial charge on any atom is -0.366 e. The van der Waals surface area contributed by atoms with E-state index in [1.165, 1.54) is 12.8 Å². The van der Waals surface area contributed by atoms with E-state index in [-0.39, 0.29) is 30.0 Å². The molecule has 0 aromatic heterocycles. The lowest BCUT2D eigenvalue weighted by Crippen LogP contribution is -2.53. The van der Waals surface area contributed by atoms with E-state index >= 15 is 0 Å². The molecule has 94 valence electrons. The SMILES string of the molecule is CC1(NC(=O)[C@@H]2CNCCO2)CCCC1.Cl. The molecule has 0 radical (unpaired) electrons. The Morgan fingerprint density at radius 1 is 1.44 bits per heavy atom. The van der Waals surface area contributed by atoms with Crippen molar-refractivity contribution in [3.05, 3.63) is 0 Å². The molecule has 5 heteroatoms. The number of nitrogens with one attached hydrogen (secondary N) is 2. The maximum absolute atomic E-state index is 11.9. The molecule has 2 N–H and O–H groups in total. The van der Waals surface area contributed by atoms with Gasteiger partial charge in [0.2, 0.25) is 0 Å². The standard InChI is InChI=1S/C11H20N2O2.ClH/c1-11(4-2-3-5-11)13-10(14)9-8-12-6-7-15-9;/h9,12H,2-8H2,1H3,(H,13,14);1H/t9-;/m0./s1. The molecule has 0 unspecified atom stereocenters. The van der Waals surface area contributed by atoms with Crippen LogP contribution >= 0.6 is 12.4 Å². The Bertz CT molecular complexity index is 236. The molecule has 4 nitrogen and oxygen atoms in total. The number of carbonyl (C=O) groups is 1. The van der Waals surface area contributed by atoms with Crippen molar-refractivity contribution in [3.63, 3.8) is 0 Å². The summed E-state index contributed by atoms with van der Waals surface area (Å²) in [5, 5.41) is 6.29. The van der Waals surface area contributed by atoms with E-state index in [9.17, 15) is 4.79 Å². The highest BCUT2D eigenvalue weighted by atomic mass is 35.5. The van der Waals surface area contributed by atoms with E-state index in [0.717, 1.165) is 19.4 Å². The number of amides is 1. The highest BCUT2D eigenvalue weighted by Crippen LogP contribution is 2.28. The van der Waals surface area contributed by atoms with Crippen molar-refractivity contribution in [1.29, 1.82) is 0 Å². The summed E-state index contributed by atoms with van der Waals surface area (Å²) in [6, 6.07) is 0. The topological polar surface area (TPSA) is 50.4 Å². The van der Waals surface area contributed by atoms with E-state index in [4.69, 9.17) is 4.74 Å². The van der Waals surface area contributed by atoms with Crippen LogP contribution in [0.2, 0.25) is 0 Å². The molecule has 1 saturated heterocycles. The van der Waals surface area contributed by atoms with Crippen molar-refractivity contribution in [2.45, 2.75) is 44.2 Å². The first-order chi connectivity index (χ1) is 7.20. The number of rotatable bonds is 2. The number of morpholine rings is 1. The van der Waals surface area contributed by atoms with Crippen molar-refractivity contribution in [2.75, 3.05) is 19.7 Å². The summed E-state index contributed by atoms with van der Waals surface area (Å²) in [5.41, 5.74) is 0.0118. The predicted molar refractivity (Wildman–Crippen MR) is 64.9 cm³/mol. The molecule has 1 heterocycles. The average Bonchev–Trinajstić information content (AvgIpc) is 2.66. The van der Waals surface area contributed by atoms with Gasteiger partial charge in [-0.1, -0.05) is 12.8 Å². The second-order valence-electron chi connectivity index (χ2n) is 4.82. The molecule has 2 rings (SSSR count). The molecule has 1 saturated carbocycles. The molecule has 0 bridgehead atoms. The summed E-state index contributed by atoms with van der Waals surface area (Å²) in [5.74, 6) is 0.0478. The Morgan fingerprint density at radius 2 is 2.12 bits per heavy atom. The van der Waals surface area contributed by atoms with Crippen LogP contribution in [0.25, 0.3) is 0 Å². The van der Waals surface area contributed by atoms with Crippen molar-refractivity contribution >= 4 is 18.3 Å². The maximum atomic E-state index is 11.9. The van der Waals surface area contributed by atoms with E-state index < -0.39 is 0 Å². The average molecular weight is 249 g/mol. The van der Waals surface area contributed by atoms with E-state index in [2.05, 4.69) is 17.6 Å². The number of hydrogen-bond acceptors (Lipinski definition) is 3. The number of carbonyl (C=O) groups excluding carboxylic acids is 1. The first kappa shape index (κ1) is 13.7. The van der Waals surface area contributed by atoms with Crippen LogP contribution in [0.5, 0.6) is 0 Å². The third-order valence-corrected chi connectivity index (χ3v) is 3.35. The zero-order valence-electron chi connectivity index (χ0n) is 9.75. The Kier molecular flexibility index (Phi) is 5.02. The van der Waals surface area contributed by atoms with Crippen LogP contribution in [0, 0.1) is 0 Å². The monoisotopic (exact) mass is 248 g/mol. The lowest BCUT2D eigenvalue weighted by molar-refractivity contribution is -0.136. The molecule has 2 fully saturated rings. The minimum absolute atomic E-state index is 0. The Balaban J connectivity index is 0.00000128. The molecular formula is C11H21ClN2O2. The first-order valence-corrected chi connectivity index (χ1v) is 5.84. The molecule has 1 amide bonds. The molecule has 0 aromatic carbocycles. The van der Waals surface area contributed by atoms with E-state index in [0.29, 0.717) is 13.2 Å². The second-order valence-corrected chi connectivity index (χ2v) is 4.82. The quantitative estimate of drug-likeness (QED) is 0.762. The maximum Gasteiger partial charge on any atom is 0.250 e. The zero-order valence-corrected chi connectivity index (χ0v) is 10.6. The summed E-state index contributed by atoms with van der Waals surface area (Å²) in [7, 11) is 0. The fourth-order valence-corrected chi connectivity index (χ4v) is 2.39. The zero-order chi connectivity index (χ0) is 10.7. The minimum atomic E-state index is -0.295. The first-order valence-electron chi connectivity index (χ1n) is 5.84. The van der Waals surface area contributed by atoms with E-state index in [1.807, 2.05) is 0 Å². The van der Waals surface area contributed by atoms with Gasteiger partial charge in [-0.2, -0.15) is 0 Å². The number of ether oxygens (including phenoxy) is 1. The van der Waals surface area contributed by atoms with Gasteiger partial charge in [-0.3, -0.25) is 4.79 Å².